The Balaban J connectivity index is 1.33. The molecule has 0 unspecified atom stereocenters. The Bertz CT molecular complexity index is 550. The van der Waals surface area contributed by atoms with E-state index in [0.717, 1.165) is 63.5 Å². The number of amides is 1. The normalized spacial score (nSPS) is 19.2. The topological polar surface area (TPSA) is 42.0 Å². The van der Waals surface area contributed by atoms with Crippen LogP contribution in [0.25, 0.3) is 0 Å². The summed E-state index contributed by atoms with van der Waals surface area (Å²) in [5.74, 6) is 2.24. The van der Waals surface area contributed by atoms with E-state index in [4.69, 9.17) is 9.47 Å². The van der Waals surface area contributed by atoms with E-state index in [-0.39, 0.29) is 5.92 Å². The summed E-state index contributed by atoms with van der Waals surface area (Å²) in [5, 5.41) is 0. The van der Waals surface area contributed by atoms with Gasteiger partial charge in [0.2, 0.25) is 5.91 Å². The summed E-state index contributed by atoms with van der Waals surface area (Å²) >= 11 is 0. The largest absolute Gasteiger partial charge is 0.493 e. The molecule has 2 aliphatic rings. The van der Waals surface area contributed by atoms with Crippen molar-refractivity contribution in [3.05, 3.63) is 24.3 Å². The van der Waals surface area contributed by atoms with Crippen molar-refractivity contribution < 1.29 is 14.3 Å². The number of likely N-dealkylation sites (tertiary alicyclic amines) is 2. The zero-order valence-corrected chi connectivity index (χ0v) is 15.3. The van der Waals surface area contributed by atoms with E-state index in [0.29, 0.717) is 12.5 Å². The molecule has 1 amide bonds. The lowest BCUT2D eigenvalue weighted by Crippen LogP contribution is -2.42. The van der Waals surface area contributed by atoms with Crippen LogP contribution in [0.5, 0.6) is 11.5 Å². The summed E-state index contributed by atoms with van der Waals surface area (Å²) in [6.45, 7) is 5.71. The van der Waals surface area contributed by atoms with Gasteiger partial charge in [0.05, 0.1) is 13.7 Å². The van der Waals surface area contributed by atoms with Gasteiger partial charge >= 0.3 is 0 Å². The van der Waals surface area contributed by atoms with Gasteiger partial charge in [0.15, 0.2) is 11.5 Å². The molecule has 1 aromatic rings. The summed E-state index contributed by atoms with van der Waals surface area (Å²) in [7, 11) is 1.66. The second kappa shape index (κ2) is 9.09. The molecule has 25 heavy (non-hydrogen) atoms. The molecule has 0 bridgehead atoms. The number of methoxy groups -OCH3 is 1. The van der Waals surface area contributed by atoms with Crippen LogP contribution in [0.1, 0.15) is 32.1 Å². The molecule has 2 saturated heterocycles. The van der Waals surface area contributed by atoms with Crippen molar-refractivity contribution in [2.24, 2.45) is 5.92 Å². The standard InChI is InChI=1S/C20H30N2O3/c1-24-18-7-2-3-8-19(18)25-16-6-11-21-14-9-17(10-15-21)20(23)22-12-4-5-13-22/h2-3,7-8,17H,4-6,9-16H2,1H3. The summed E-state index contributed by atoms with van der Waals surface area (Å²) in [4.78, 5) is 17.0. The van der Waals surface area contributed by atoms with Crippen molar-refractivity contribution in [2.75, 3.05) is 46.4 Å². The van der Waals surface area contributed by atoms with Crippen molar-refractivity contribution in [1.29, 1.82) is 0 Å². The molecule has 138 valence electrons. The lowest BCUT2D eigenvalue weighted by molar-refractivity contribution is -0.135. The average molecular weight is 346 g/mol. The van der Waals surface area contributed by atoms with Gasteiger partial charge in [-0.05, 0) is 57.3 Å². The molecule has 5 nitrogen and oxygen atoms in total. The van der Waals surface area contributed by atoms with Gasteiger partial charge in [0, 0.05) is 25.6 Å². The second-order valence-electron chi connectivity index (χ2n) is 7.00. The molecule has 2 aliphatic heterocycles. The summed E-state index contributed by atoms with van der Waals surface area (Å²) in [6, 6.07) is 7.76. The minimum atomic E-state index is 0.249. The maximum atomic E-state index is 12.5. The molecule has 0 atom stereocenters. The minimum absolute atomic E-state index is 0.249. The van der Waals surface area contributed by atoms with E-state index >= 15 is 0 Å². The lowest BCUT2D eigenvalue weighted by atomic mass is 9.95. The zero-order chi connectivity index (χ0) is 17.5. The fourth-order valence-electron chi connectivity index (χ4n) is 3.81. The predicted molar refractivity (Wildman–Crippen MR) is 98.1 cm³/mol. The Morgan fingerprint density at radius 3 is 2.44 bits per heavy atom. The van der Waals surface area contributed by atoms with Crippen LogP contribution < -0.4 is 9.47 Å². The van der Waals surface area contributed by atoms with Gasteiger partial charge in [0.25, 0.3) is 0 Å². The lowest BCUT2D eigenvalue weighted by Gasteiger charge is -2.33. The minimum Gasteiger partial charge on any atom is -0.493 e. The number of carbonyl (C=O) groups is 1. The van der Waals surface area contributed by atoms with E-state index in [1.165, 1.54) is 12.8 Å². The molecule has 0 aliphatic carbocycles. The van der Waals surface area contributed by atoms with E-state index in [9.17, 15) is 4.79 Å². The molecule has 0 saturated carbocycles. The number of nitrogens with zero attached hydrogens (tertiary/aromatic N) is 2. The molecule has 2 heterocycles. The maximum Gasteiger partial charge on any atom is 0.225 e. The number of hydrogen-bond donors (Lipinski definition) is 0. The number of rotatable bonds is 7. The van der Waals surface area contributed by atoms with Gasteiger partial charge in [-0.3, -0.25) is 4.79 Å². The van der Waals surface area contributed by atoms with Crippen molar-refractivity contribution >= 4 is 5.91 Å². The quantitative estimate of drug-likeness (QED) is 0.712. The van der Waals surface area contributed by atoms with Crippen LogP contribution in [0.15, 0.2) is 24.3 Å². The SMILES string of the molecule is COc1ccccc1OCCCN1CCC(C(=O)N2CCCC2)CC1. The zero-order valence-electron chi connectivity index (χ0n) is 15.3. The molecular weight excluding hydrogens is 316 g/mol. The first kappa shape index (κ1) is 18.1. The van der Waals surface area contributed by atoms with E-state index in [1.807, 2.05) is 24.3 Å². The highest BCUT2D eigenvalue weighted by Crippen LogP contribution is 2.26. The third kappa shape index (κ3) is 4.88. The molecule has 5 heteroatoms. The number of piperidine rings is 1. The van der Waals surface area contributed by atoms with Gasteiger partial charge in [-0.25, -0.2) is 0 Å². The second-order valence-corrected chi connectivity index (χ2v) is 7.00. The van der Waals surface area contributed by atoms with Gasteiger partial charge in [-0.2, -0.15) is 0 Å². The number of ether oxygens (including phenoxy) is 2. The first-order valence-corrected chi connectivity index (χ1v) is 9.55. The Morgan fingerprint density at radius 2 is 1.76 bits per heavy atom. The monoisotopic (exact) mass is 346 g/mol. The van der Waals surface area contributed by atoms with Gasteiger partial charge < -0.3 is 19.3 Å². The van der Waals surface area contributed by atoms with Crippen LogP contribution in [-0.4, -0.2) is 62.1 Å². The highest BCUT2D eigenvalue weighted by Gasteiger charge is 2.29. The fourth-order valence-corrected chi connectivity index (χ4v) is 3.81. The van der Waals surface area contributed by atoms with E-state index in [2.05, 4.69) is 9.80 Å². The van der Waals surface area contributed by atoms with Crippen LogP contribution in [0.4, 0.5) is 0 Å². The number of benzene rings is 1. The van der Waals surface area contributed by atoms with Crippen LogP contribution in [0, 0.1) is 5.92 Å². The molecule has 0 aromatic heterocycles. The number of carbonyl (C=O) groups excluding carboxylic acids is 1. The third-order valence-corrected chi connectivity index (χ3v) is 5.30. The fraction of sp³-hybridized carbons (Fsp3) is 0.650. The van der Waals surface area contributed by atoms with E-state index in [1.54, 1.807) is 7.11 Å². The number of para-hydroxylation sites is 2. The summed E-state index contributed by atoms with van der Waals surface area (Å²) < 4.78 is 11.1. The summed E-state index contributed by atoms with van der Waals surface area (Å²) in [6.07, 6.45) is 5.35. The van der Waals surface area contributed by atoms with Crippen LogP contribution in [0.2, 0.25) is 0 Å². The van der Waals surface area contributed by atoms with Gasteiger partial charge in [-0.15, -0.1) is 0 Å². The van der Waals surface area contributed by atoms with Crippen molar-refractivity contribution in [1.82, 2.24) is 9.80 Å². The first-order chi connectivity index (χ1) is 12.3. The van der Waals surface area contributed by atoms with E-state index < -0.39 is 0 Å². The number of hydrogen-bond acceptors (Lipinski definition) is 4. The Labute approximate surface area is 150 Å². The van der Waals surface area contributed by atoms with Crippen molar-refractivity contribution in [2.45, 2.75) is 32.1 Å². The Morgan fingerprint density at radius 1 is 1.08 bits per heavy atom. The molecule has 0 N–H and O–H groups in total. The molecule has 0 spiro atoms. The van der Waals surface area contributed by atoms with Crippen LogP contribution in [0.3, 0.4) is 0 Å². The van der Waals surface area contributed by atoms with Crippen molar-refractivity contribution in [3.8, 4) is 11.5 Å². The molecule has 2 fully saturated rings. The molecule has 3 rings (SSSR count). The smallest absolute Gasteiger partial charge is 0.225 e. The predicted octanol–water partition coefficient (Wildman–Crippen LogP) is 2.80. The molecule has 1 aromatic carbocycles. The van der Waals surface area contributed by atoms with Gasteiger partial charge in [0.1, 0.15) is 0 Å². The Hall–Kier alpha value is -1.75. The highest BCUT2D eigenvalue weighted by molar-refractivity contribution is 5.79. The van der Waals surface area contributed by atoms with Crippen molar-refractivity contribution in [3.63, 3.8) is 0 Å². The molecule has 0 radical (unpaired) electrons. The Kier molecular flexibility index (Phi) is 6.56. The van der Waals surface area contributed by atoms with Crippen LogP contribution in [-0.2, 0) is 4.79 Å². The highest BCUT2D eigenvalue weighted by atomic mass is 16.5. The summed E-state index contributed by atoms with van der Waals surface area (Å²) in [5.41, 5.74) is 0. The average Bonchev–Trinajstić information content (AvgIpc) is 3.20. The molecular formula is C20H30N2O3. The third-order valence-electron chi connectivity index (χ3n) is 5.30. The maximum absolute atomic E-state index is 12.5. The van der Waals surface area contributed by atoms with Gasteiger partial charge in [-0.1, -0.05) is 12.1 Å². The van der Waals surface area contributed by atoms with Crippen LogP contribution >= 0.6 is 0 Å². The first-order valence-electron chi connectivity index (χ1n) is 9.55.